The minimum atomic E-state index is -0.991. The molecule has 0 radical (unpaired) electrons. The SMILES string of the molecule is Cc1ccc(C)c(N(C(=O)CNC(=O)c2ccco2)[C@H](C(=O)NCc2ccco2)c2ccccc2)c1. The molecule has 0 saturated carbocycles. The average Bonchev–Trinajstić information content (AvgIpc) is 3.61. The molecule has 0 saturated heterocycles. The number of hydrogen-bond donors (Lipinski definition) is 2. The Morgan fingerprint density at radius 2 is 1.61 bits per heavy atom. The zero-order chi connectivity index (χ0) is 25.5. The van der Waals surface area contributed by atoms with Gasteiger partial charge in [-0.1, -0.05) is 42.5 Å². The van der Waals surface area contributed by atoms with E-state index in [1.54, 1.807) is 30.3 Å². The fourth-order valence-electron chi connectivity index (χ4n) is 3.87. The molecule has 2 aromatic carbocycles. The number of furan rings is 2. The molecular formula is C28H27N3O5. The number of hydrogen-bond acceptors (Lipinski definition) is 5. The monoisotopic (exact) mass is 485 g/mol. The van der Waals surface area contributed by atoms with Crippen molar-refractivity contribution in [3.8, 4) is 0 Å². The van der Waals surface area contributed by atoms with Gasteiger partial charge in [-0.05, 0) is 60.9 Å². The lowest BCUT2D eigenvalue weighted by atomic mass is 10.0. The fraction of sp³-hybridized carbons (Fsp3) is 0.179. The quantitative estimate of drug-likeness (QED) is 0.368. The Morgan fingerprint density at radius 3 is 2.31 bits per heavy atom. The number of carbonyl (C=O) groups excluding carboxylic acids is 3. The minimum absolute atomic E-state index is 0.0943. The molecule has 0 aliphatic carbocycles. The molecule has 0 unspecified atom stereocenters. The Labute approximate surface area is 208 Å². The molecule has 2 N–H and O–H groups in total. The van der Waals surface area contributed by atoms with Gasteiger partial charge >= 0.3 is 0 Å². The number of nitrogens with zero attached hydrogens (tertiary/aromatic N) is 1. The van der Waals surface area contributed by atoms with Crippen LogP contribution in [0.4, 0.5) is 5.69 Å². The summed E-state index contributed by atoms with van der Waals surface area (Å²) in [5.74, 6) is -0.676. The van der Waals surface area contributed by atoms with Crippen LogP contribution >= 0.6 is 0 Å². The van der Waals surface area contributed by atoms with Crippen molar-refractivity contribution < 1.29 is 23.2 Å². The van der Waals surface area contributed by atoms with Crippen LogP contribution in [0.3, 0.4) is 0 Å². The second-order valence-corrected chi connectivity index (χ2v) is 8.32. The maximum atomic E-state index is 13.7. The van der Waals surface area contributed by atoms with Gasteiger partial charge < -0.3 is 19.5 Å². The topological polar surface area (TPSA) is 105 Å². The minimum Gasteiger partial charge on any atom is -0.467 e. The second kappa shape index (κ2) is 11.2. The van der Waals surface area contributed by atoms with Crippen molar-refractivity contribution in [2.45, 2.75) is 26.4 Å². The Balaban J connectivity index is 1.70. The molecule has 1 atom stereocenters. The average molecular weight is 486 g/mol. The molecule has 3 amide bonds. The van der Waals surface area contributed by atoms with Crippen molar-refractivity contribution in [3.63, 3.8) is 0 Å². The van der Waals surface area contributed by atoms with E-state index in [2.05, 4.69) is 10.6 Å². The van der Waals surface area contributed by atoms with E-state index in [0.29, 0.717) is 17.0 Å². The van der Waals surface area contributed by atoms with Crippen LogP contribution in [0.15, 0.2) is 94.2 Å². The van der Waals surface area contributed by atoms with Crippen LogP contribution in [0.2, 0.25) is 0 Å². The molecule has 0 aliphatic rings. The third-order valence-corrected chi connectivity index (χ3v) is 5.68. The van der Waals surface area contributed by atoms with E-state index >= 15 is 0 Å². The molecule has 4 aromatic rings. The van der Waals surface area contributed by atoms with E-state index < -0.39 is 17.9 Å². The first kappa shape index (κ1) is 24.5. The summed E-state index contributed by atoms with van der Waals surface area (Å²) in [5.41, 5.74) is 2.94. The number of amides is 3. The summed E-state index contributed by atoms with van der Waals surface area (Å²) in [6.07, 6.45) is 2.91. The van der Waals surface area contributed by atoms with Crippen LogP contribution in [0.5, 0.6) is 0 Å². The van der Waals surface area contributed by atoms with Crippen LogP contribution in [0.1, 0.15) is 39.0 Å². The van der Waals surface area contributed by atoms with Crippen molar-refractivity contribution in [2.24, 2.45) is 0 Å². The van der Waals surface area contributed by atoms with Crippen molar-refractivity contribution in [3.05, 3.63) is 114 Å². The lowest BCUT2D eigenvalue weighted by Gasteiger charge is -2.33. The van der Waals surface area contributed by atoms with E-state index in [9.17, 15) is 14.4 Å². The molecule has 2 aromatic heterocycles. The Kier molecular flexibility index (Phi) is 7.65. The first-order valence-electron chi connectivity index (χ1n) is 11.5. The molecule has 0 aliphatic heterocycles. The summed E-state index contributed by atoms with van der Waals surface area (Å²) in [4.78, 5) is 41.2. The summed E-state index contributed by atoms with van der Waals surface area (Å²) in [6.45, 7) is 3.62. The van der Waals surface area contributed by atoms with Crippen molar-refractivity contribution in [1.29, 1.82) is 0 Å². The van der Waals surface area contributed by atoms with Crippen LogP contribution in [0, 0.1) is 13.8 Å². The smallest absolute Gasteiger partial charge is 0.287 e. The van der Waals surface area contributed by atoms with E-state index in [0.717, 1.165) is 11.1 Å². The van der Waals surface area contributed by atoms with Gasteiger partial charge in [0.15, 0.2) is 5.76 Å². The van der Waals surface area contributed by atoms with Crippen LogP contribution in [-0.2, 0) is 16.1 Å². The molecule has 8 nitrogen and oxygen atoms in total. The summed E-state index contributed by atoms with van der Waals surface area (Å²) < 4.78 is 10.5. The van der Waals surface area contributed by atoms with Crippen molar-refractivity contribution >= 4 is 23.4 Å². The van der Waals surface area contributed by atoms with Gasteiger partial charge in [-0.2, -0.15) is 0 Å². The van der Waals surface area contributed by atoms with Gasteiger partial charge in [0.1, 0.15) is 11.8 Å². The number of carbonyl (C=O) groups is 3. The fourth-order valence-corrected chi connectivity index (χ4v) is 3.87. The van der Waals surface area contributed by atoms with Gasteiger partial charge in [-0.15, -0.1) is 0 Å². The molecule has 8 heteroatoms. The van der Waals surface area contributed by atoms with Gasteiger partial charge in [0.25, 0.3) is 5.91 Å². The number of aryl methyl sites for hydroxylation is 2. The first-order valence-corrected chi connectivity index (χ1v) is 11.5. The highest BCUT2D eigenvalue weighted by Gasteiger charge is 2.33. The third kappa shape index (κ3) is 5.72. The number of nitrogens with one attached hydrogen (secondary N) is 2. The van der Waals surface area contributed by atoms with E-state index in [1.165, 1.54) is 23.5 Å². The summed E-state index contributed by atoms with van der Waals surface area (Å²) in [5, 5.41) is 5.48. The largest absolute Gasteiger partial charge is 0.467 e. The molecule has 36 heavy (non-hydrogen) atoms. The predicted molar refractivity (Wildman–Crippen MR) is 134 cm³/mol. The lowest BCUT2D eigenvalue weighted by Crippen LogP contribution is -2.47. The molecule has 2 heterocycles. The van der Waals surface area contributed by atoms with E-state index in [4.69, 9.17) is 8.83 Å². The normalized spacial score (nSPS) is 11.5. The molecule has 184 valence electrons. The first-order chi connectivity index (χ1) is 17.4. The lowest BCUT2D eigenvalue weighted by molar-refractivity contribution is -0.126. The van der Waals surface area contributed by atoms with Crippen LogP contribution < -0.4 is 15.5 Å². The Morgan fingerprint density at radius 1 is 0.861 bits per heavy atom. The summed E-state index contributed by atoms with van der Waals surface area (Å²) >= 11 is 0. The van der Waals surface area contributed by atoms with Crippen molar-refractivity contribution in [2.75, 3.05) is 11.4 Å². The highest BCUT2D eigenvalue weighted by molar-refractivity contribution is 6.04. The zero-order valence-corrected chi connectivity index (χ0v) is 20.1. The van der Waals surface area contributed by atoms with Gasteiger partial charge in [0.05, 0.1) is 25.6 Å². The highest BCUT2D eigenvalue weighted by Crippen LogP contribution is 2.31. The summed E-state index contributed by atoms with van der Waals surface area (Å²) in [6, 6.07) is 20.4. The summed E-state index contributed by atoms with van der Waals surface area (Å²) in [7, 11) is 0. The zero-order valence-electron chi connectivity index (χ0n) is 20.1. The van der Waals surface area contributed by atoms with Crippen LogP contribution in [0.25, 0.3) is 0 Å². The Hall–Kier alpha value is -4.59. The molecule has 4 rings (SSSR count). The Bertz CT molecular complexity index is 1310. The van der Waals surface area contributed by atoms with Crippen LogP contribution in [-0.4, -0.2) is 24.3 Å². The molecule has 0 fully saturated rings. The number of rotatable bonds is 9. The second-order valence-electron chi connectivity index (χ2n) is 8.32. The maximum Gasteiger partial charge on any atom is 0.287 e. The van der Waals surface area contributed by atoms with Gasteiger partial charge in [0, 0.05) is 5.69 Å². The number of anilines is 1. The van der Waals surface area contributed by atoms with Crippen molar-refractivity contribution in [1.82, 2.24) is 10.6 Å². The molecule has 0 spiro atoms. The maximum absolute atomic E-state index is 13.7. The standard InChI is InChI=1S/C28H27N3O5/c1-19-12-13-20(2)23(16-19)31(25(32)18-30-27(33)24-11-7-15-36-24)26(21-8-4-3-5-9-21)28(34)29-17-22-10-6-14-35-22/h3-16,26H,17-18H2,1-2H3,(H,29,34)(H,30,33)/t26-/m0/s1. The highest BCUT2D eigenvalue weighted by atomic mass is 16.3. The van der Waals surface area contributed by atoms with Gasteiger partial charge in [0.2, 0.25) is 11.8 Å². The van der Waals surface area contributed by atoms with Gasteiger partial charge in [-0.3, -0.25) is 19.3 Å². The predicted octanol–water partition coefficient (Wildman–Crippen LogP) is 4.31. The van der Waals surface area contributed by atoms with E-state index in [-0.39, 0.29) is 24.8 Å². The van der Waals surface area contributed by atoms with Gasteiger partial charge in [-0.25, -0.2) is 0 Å². The number of benzene rings is 2. The molecular weight excluding hydrogens is 458 g/mol. The van der Waals surface area contributed by atoms with E-state index in [1.807, 2.05) is 50.2 Å². The molecule has 0 bridgehead atoms. The third-order valence-electron chi connectivity index (χ3n) is 5.68.